The van der Waals surface area contributed by atoms with Gasteiger partial charge in [0, 0.05) is 6.54 Å². The molecular formula is C8H11N2O4P. The lowest BCUT2D eigenvalue weighted by Crippen LogP contribution is -2.54. The summed E-state index contributed by atoms with van der Waals surface area (Å²) < 4.78 is 16.6. The molecule has 0 aromatic carbocycles. The minimum absolute atomic E-state index is 0.250. The van der Waals surface area contributed by atoms with Gasteiger partial charge in [0.15, 0.2) is 0 Å². The van der Waals surface area contributed by atoms with Crippen molar-refractivity contribution in [1.29, 1.82) is 0 Å². The van der Waals surface area contributed by atoms with Crippen LogP contribution in [0.2, 0.25) is 0 Å². The molecule has 0 aromatic heterocycles. The zero-order valence-corrected chi connectivity index (χ0v) is 9.07. The lowest BCUT2D eigenvalue weighted by molar-refractivity contribution is -0.151. The molecule has 7 heteroatoms. The largest absolute Gasteiger partial charge is 0.407 e. The van der Waals surface area contributed by atoms with Gasteiger partial charge in [-0.25, -0.2) is 4.79 Å². The molecule has 4 atom stereocenters. The third-order valence-electron chi connectivity index (χ3n) is 3.49. The first-order valence-electron chi connectivity index (χ1n) is 4.87. The first-order valence-corrected chi connectivity index (χ1v) is 6.56. The maximum atomic E-state index is 11.9. The summed E-state index contributed by atoms with van der Waals surface area (Å²) in [6.45, 7) is 2.02. The highest BCUT2D eigenvalue weighted by molar-refractivity contribution is 7.74. The van der Waals surface area contributed by atoms with Crippen LogP contribution in [0, 0.1) is 0 Å². The molecule has 82 valence electrons. The van der Waals surface area contributed by atoms with Crippen molar-refractivity contribution in [2.75, 3.05) is 6.54 Å². The summed E-state index contributed by atoms with van der Waals surface area (Å²) in [5.41, 5.74) is 5.23. The molecular weight excluding hydrogens is 219 g/mol. The number of amides is 1. The normalized spacial score (nSPS) is 47.5. The highest BCUT2D eigenvalue weighted by atomic mass is 31.2. The van der Waals surface area contributed by atoms with Crippen LogP contribution in [0.1, 0.15) is 13.3 Å². The van der Waals surface area contributed by atoms with Crippen molar-refractivity contribution >= 4 is 19.2 Å². The van der Waals surface area contributed by atoms with E-state index in [1.54, 1.807) is 6.92 Å². The van der Waals surface area contributed by atoms with Gasteiger partial charge in [-0.3, -0.25) is 9.36 Å². The molecule has 3 rings (SSSR count). The van der Waals surface area contributed by atoms with E-state index in [0.29, 0.717) is 13.0 Å². The fraction of sp³-hybridized carbons (Fsp3) is 0.750. The molecule has 0 aliphatic carbocycles. The second-order valence-corrected chi connectivity index (χ2v) is 6.97. The summed E-state index contributed by atoms with van der Waals surface area (Å²) in [6.07, 6.45) is 0.585. The first-order chi connectivity index (χ1) is 6.96. The van der Waals surface area contributed by atoms with E-state index < -0.39 is 24.7 Å². The van der Waals surface area contributed by atoms with Crippen LogP contribution in [0.4, 0.5) is 0 Å². The number of likely N-dealkylation sites (tertiary alicyclic amines) is 1. The number of hydrogen-bond acceptors (Lipinski definition) is 5. The molecule has 15 heavy (non-hydrogen) atoms. The minimum atomic E-state index is -2.84. The van der Waals surface area contributed by atoms with Crippen molar-refractivity contribution in [3.63, 3.8) is 0 Å². The van der Waals surface area contributed by atoms with Gasteiger partial charge in [0.1, 0.15) is 0 Å². The second-order valence-electron chi connectivity index (χ2n) is 4.28. The number of rotatable bonds is 1. The SMILES string of the molecule is C[C@H](N)C(=O)N1CCC2[C@@]13C(=O)OP23=O. The van der Waals surface area contributed by atoms with E-state index >= 15 is 0 Å². The van der Waals surface area contributed by atoms with Gasteiger partial charge in [0.05, 0.1) is 11.7 Å². The number of nitrogens with two attached hydrogens (primary N) is 1. The van der Waals surface area contributed by atoms with Gasteiger partial charge in [-0.2, -0.15) is 0 Å². The van der Waals surface area contributed by atoms with Gasteiger partial charge in [-0.05, 0) is 13.3 Å². The van der Waals surface area contributed by atoms with Crippen molar-refractivity contribution in [3.05, 3.63) is 0 Å². The van der Waals surface area contributed by atoms with E-state index in [4.69, 9.17) is 10.3 Å². The maximum absolute atomic E-state index is 11.9. The predicted octanol–water partition coefficient (Wildman–Crippen LogP) is -0.521. The van der Waals surface area contributed by atoms with Crippen molar-refractivity contribution in [2.24, 2.45) is 5.73 Å². The lowest BCUT2D eigenvalue weighted by Gasteiger charge is -2.33. The highest BCUT2D eigenvalue weighted by Gasteiger charge is 2.96. The summed E-state index contributed by atoms with van der Waals surface area (Å²) in [6, 6.07) is -0.666. The molecule has 0 saturated carbocycles. The maximum Gasteiger partial charge on any atom is 0.349 e. The topological polar surface area (TPSA) is 89.7 Å². The molecule has 3 aliphatic heterocycles. The van der Waals surface area contributed by atoms with Crippen LogP contribution in [0.15, 0.2) is 0 Å². The molecule has 6 nitrogen and oxygen atoms in total. The molecule has 2 N–H and O–H groups in total. The van der Waals surface area contributed by atoms with Gasteiger partial charge in [0.25, 0.3) is 7.37 Å². The van der Waals surface area contributed by atoms with E-state index in [1.807, 2.05) is 0 Å². The summed E-state index contributed by atoms with van der Waals surface area (Å²) in [5, 5.41) is -1.09. The Bertz CT molecular complexity index is 434. The van der Waals surface area contributed by atoms with E-state index in [1.165, 1.54) is 4.90 Å². The van der Waals surface area contributed by atoms with Crippen molar-refractivity contribution in [2.45, 2.75) is 30.3 Å². The highest BCUT2D eigenvalue weighted by Crippen LogP contribution is 2.93. The third kappa shape index (κ3) is 0.702. The molecule has 0 aromatic rings. The molecule has 3 saturated heterocycles. The minimum Gasteiger partial charge on any atom is -0.407 e. The number of carbonyl (C=O) groups excluding carboxylic acids is 2. The lowest BCUT2D eigenvalue weighted by atomic mass is 10.2. The molecule has 1 amide bonds. The van der Waals surface area contributed by atoms with Gasteiger partial charge >= 0.3 is 5.97 Å². The average Bonchev–Trinajstić information content (AvgIpc) is 2.52. The number of nitrogens with zero attached hydrogens (tertiary/aromatic N) is 1. The van der Waals surface area contributed by atoms with Crippen LogP contribution >= 0.6 is 7.37 Å². The van der Waals surface area contributed by atoms with Crippen LogP contribution in [-0.4, -0.2) is 40.3 Å². The standard InChI is InChI=1S/C8H11N2O4P/c1-4(9)6(11)10-3-2-5-8(10)7(12)14-15(5,8)13/h4-5H,2-3,9H2,1H3/t4-,5?,8+,15?/m0/s1. The molecule has 1 spiro atoms. The molecule has 2 unspecified atom stereocenters. The molecule has 3 heterocycles. The molecule has 3 fully saturated rings. The van der Waals surface area contributed by atoms with Gasteiger partial charge in [0.2, 0.25) is 11.2 Å². The van der Waals surface area contributed by atoms with Crippen LogP contribution in [0.25, 0.3) is 0 Å². The summed E-state index contributed by atoms with van der Waals surface area (Å²) in [4.78, 5) is 24.5. The Kier molecular flexibility index (Phi) is 1.42. The first kappa shape index (κ1) is 9.36. The van der Waals surface area contributed by atoms with Crippen LogP contribution in [0.3, 0.4) is 0 Å². The van der Waals surface area contributed by atoms with Crippen LogP contribution < -0.4 is 5.73 Å². The van der Waals surface area contributed by atoms with Crippen molar-refractivity contribution in [1.82, 2.24) is 4.90 Å². The fourth-order valence-corrected chi connectivity index (χ4v) is 6.06. The number of carbonyl (C=O) groups is 2. The zero-order chi connectivity index (χ0) is 11.0. The summed E-state index contributed by atoms with van der Waals surface area (Å²) in [7, 11) is -2.84. The van der Waals surface area contributed by atoms with Crippen LogP contribution in [-0.2, 0) is 18.7 Å². The quantitative estimate of drug-likeness (QED) is 0.612. The fourth-order valence-electron chi connectivity index (χ4n) is 2.75. The predicted molar refractivity (Wildman–Crippen MR) is 50.2 cm³/mol. The third-order valence-corrected chi connectivity index (χ3v) is 6.79. The Morgan fingerprint density at radius 3 is 2.93 bits per heavy atom. The van der Waals surface area contributed by atoms with Crippen LogP contribution in [0.5, 0.6) is 0 Å². The monoisotopic (exact) mass is 230 g/mol. The zero-order valence-electron chi connectivity index (χ0n) is 8.17. The number of hydrogen-bond donors (Lipinski definition) is 1. The van der Waals surface area contributed by atoms with E-state index in [-0.39, 0.29) is 11.6 Å². The van der Waals surface area contributed by atoms with Gasteiger partial charge in [-0.15, -0.1) is 0 Å². The Balaban J connectivity index is 1.98. The smallest absolute Gasteiger partial charge is 0.349 e. The van der Waals surface area contributed by atoms with E-state index in [9.17, 15) is 14.2 Å². The Labute approximate surface area is 86.2 Å². The Morgan fingerprint density at radius 2 is 2.47 bits per heavy atom. The summed E-state index contributed by atoms with van der Waals surface area (Å²) >= 11 is 0. The van der Waals surface area contributed by atoms with Crippen molar-refractivity contribution < 1.29 is 18.7 Å². The van der Waals surface area contributed by atoms with Gasteiger partial charge in [-0.1, -0.05) is 0 Å². The molecule has 0 bridgehead atoms. The molecule has 3 aliphatic rings. The molecule has 0 radical (unpaired) electrons. The second kappa shape index (κ2) is 2.28. The Morgan fingerprint density at radius 1 is 1.80 bits per heavy atom. The van der Waals surface area contributed by atoms with Gasteiger partial charge < -0.3 is 15.2 Å². The summed E-state index contributed by atoms with van der Waals surface area (Å²) in [5.74, 6) is -0.825. The Hall–Kier alpha value is -0.870. The van der Waals surface area contributed by atoms with E-state index in [0.717, 1.165) is 0 Å². The van der Waals surface area contributed by atoms with E-state index in [2.05, 4.69) is 0 Å². The number of fused-ring (bicyclic) bond motifs is 1. The van der Waals surface area contributed by atoms with Crippen molar-refractivity contribution in [3.8, 4) is 0 Å². The average molecular weight is 230 g/mol.